The third kappa shape index (κ3) is 6.37. The molecule has 2 aromatic carbocycles. The molecule has 1 atom stereocenters. The molecule has 2 aliphatic heterocycles. The van der Waals surface area contributed by atoms with Crippen LogP contribution in [0, 0.1) is 5.82 Å². The zero-order chi connectivity index (χ0) is 28.9. The average Bonchev–Trinajstić information content (AvgIpc) is 3.49. The van der Waals surface area contributed by atoms with Crippen LogP contribution >= 0.6 is 11.6 Å². The molecule has 10 nitrogen and oxygen atoms in total. The number of anilines is 5. The summed E-state index contributed by atoms with van der Waals surface area (Å²) < 4.78 is 19.9. The largest absolute Gasteiger partial charge is 0.494 e. The molecule has 2 N–H and O–H groups in total. The highest BCUT2D eigenvalue weighted by molar-refractivity contribution is 6.30. The van der Waals surface area contributed by atoms with Gasteiger partial charge in [-0.3, -0.25) is 9.63 Å². The van der Waals surface area contributed by atoms with Crippen LogP contribution < -0.4 is 25.3 Å². The van der Waals surface area contributed by atoms with Gasteiger partial charge in [0.2, 0.25) is 5.91 Å². The van der Waals surface area contributed by atoms with Gasteiger partial charge in [-0.15, -0.1) is 0 Å². The van der Waals surface area contributed by atoms with Gasteiger partial charge in [-0.25, -0.2) is 19.4 Å². The molecule has 3 aromatic rings. The molecule has 12 heteroatoms. The van der Waals surface area contributed by atoms with Gasteiger partial charge in [0.15, 0.2) is 5.82 Å². The van der Waals surface area contributed by atoms with Crippen LogP contribution in [0.1, 0.15) is 24.9 Å². The number of benzene rings is 2. The number of hydrogen-bond acceptors (Lipinski definition) is 9. The number of hydrogen-bond donors (Lipinski definition) is 2. The van der Waals surface area contributed by atoms with Gasteiger partial charge < -0.3 is 25.2 Å². The molecule has 3 heterocycles. The molecule has 2 saturated heterocycles. The number of halogens is 2. The Bertz CT molecular complexity index is 1420. The Morgan fingerprint density at radius 2 is 2.00 bits per heavy atom. The molecular weight excluding hydrogens is 549 g/mol. The summed E-state index contributed by atoms with van der Waals surface area (Å²) >= 11 is 5.88. The minimum Gasteiger partial charge on any atom is -0.494 e. The highest BCUT2D eigenvalue weighted by Crippen LogP contribution is 2.40. The second-order valence-corrected chi connectivity index (χ2v) is 10.1. The van der Waals surface area contributed by atoms with E-state index in [4.69, 9.17) is 21.2 Å². The predicted octanol–water partition coefficient (Wildman–Crippen LogP) is 5.17. The number of methoxy groups -OCH3 is 1. The molecule has 0 saturated carbocycles. The van der Waals surface area contributed by atoms with E-state index in [0.29, 0.717) is 41.8 Å². The van der Waals surface area contributed by atoms with Crippen molar-refractivity contribution in [1.29, 1.82) is 0 Å². The van der Waals surface area contributed by atoms with E-state index in [1.807, 2.05) is 12.1 Å². The van der Waals surface area contributed by atoms with Crippen molar-refractivity contribution in [2.24, 2.45) is 0 Å². The zero-order valence-corrected chi connectivity index (χ0v) is 23.8. The highest BCUT2D eigenvalue weighted by Gasteiger charge is 2.30. The Balaban J connectivity index is 1.43. The van der Waals surface area contributed by atoms with Gasteiger partial charge in [0.1, 0.15) is 23.7 Å². The number of aromatic nitrogens is 2. The lowest BCUT2D eigenvalue weighted by molar-refractivity contribution is -0.111. The molecule has 1 amide bonds. The van der Waals surface area contributed by atoms with E-state index in [2.05, 4.69) is 43.9 Å². The molecule has 41 heavy (non-hydrogen) atoms. The Morgan fingerprint density at radius 3 is 2.71 bits per heavy atom. The molecular formula is C29H33ClFN7O3. The van der Waals surface area contributed by atoms with Crippen molar-refractivity contribution >= 4 is 46.2 Å². The maximum Gasteiger partial charge on any atom is 0.247 e. The molecule has 216 valence electrons. The average molecular weight is 582 g/mol. The number of likely N-dealkylation sites (N-methyl/N-ethyl adjacent to an activating group) is 1. The van der Waals surface area contributed by atoms with E-state index in [-0.39, 0.29) is 17.0 Å². The van der Waals surface area contributed by atoms with Crippen LogP contribution in [-0.4, -0.2) is 67.2 Å². The van der Waals surface area contributed by atoms with Crippen molar-refractivity contribution in [3.05, 3.63) is 71.8 Å². The number of rotatable bonds is 9. The van der Waals surface area contributed by atoms with E-state index < -0.39 is 5.82 Å². The van der Waals surface area contributed by atoms with Crippen molar-refractivity contribution in [2.75, 3.05) is 67.0 Å². The third-order valence-electron chi connectivity index (χ3n) is 7.30. The first-order valence-corrected chi connectivity index (χ1v) is 13.9. The lowest BCUT2D eigenvalue weighted by Crippen LogP contribution is -2.46. The quantitative estimate of drug-likeness (QED) is 0.332. The van der Waals surface area contributed by atoms with Crippen LogP contribution in [0.4, 0.5) is 33.1 Å². The Hall–Kier alpha value is -3.93. The van der Waals surface area contributed by atoms with Gasteiger partial charge in [0, 0.05) is 44.7 Å². The second kappa shape index (κ2) is 12.7. The van der Waals surface area contributed by atoms with Gasteiger partial charge in [0.05, 0.1) is 41.8 Å². The fourth-order valence-corrected chi connectivity index (χ4v) is 5.20. The molecule has 5 rings (SSSR count). The van der Waals surface area contributed by atoms with E-state index in [1.54, 1.807) is 24.3 Å². The SMILES string of the molecule is C=CC(=O)Nc1cc(Nc2cc(N3OCC[C@@H]3c3ccc(Cl)c(F)c3)ncn2)c(OC)cc1N1CCN(CC)CC1. The number of nitrogens with zero attached hydrogens (tertiary/aromatic N) is 5. The van der Waals surface area contributed by atoms with E-state index in [0.717, 1.165) is 44.0 Å². The number of nitrogens with one attached hydrogen (secondary N) is 2. The molecule has 0 spiro atoms. The highest BCUT2D eigenvalue weighted by atomic mass is 35.5. The number of carbonyl (C=O) groups excluding carboxylic acids is 1. The normalized spacial score (nSPS) is 17.4. The van der Waals surface area contributed by atoms with Crippen molar-refractivity contribution in [3.63, 3.8) is 0 Å². The summed E-state index contributed by atoms with van der Waals surface area (Å²) in [6.45, 7) is 10.7. The van der Waals surface area contributed by atoms with Crippen LogP contribution in [0.15, 0.2) is 55.4 Å². The van der Waals surface area contributed by atoms with Crippen LogP contribution in [-0.2, 0) is 9.63 Å². The minimum atomic E-state index is -0.483. The zero-order valence-electron chi connectivity index (χ0n) is 23.1. The summed E-state index contributed by atoms with van der Waals surface area (Å²) in [7, 11) is 1.60. The Morgan fingerprint density at radius 1 is 1.20 bits per heavy atom. The Labute approximate surface area is 243 Å². The lowest BCUT2D eigenvalue weighted by Gasteiger charge is -2.36. The number of amides is 1. The summed E-state index contributed by atoms with van der Waals surface area (Å²) in [6, 6.07) is 9.98. The molecule has 2 fully saturated rings. The van der Waals surface area contributed by atoms with Gasteiger partial charge >= 0.3 is 0 Å². The molecule has 0 unspecified atom stereocenters. The van der Waals surface area contributed by atoms with Crippen LogP contribution in [0.5, 0.6) is 5.75 Å². The van der Waals surface area contributed by atoms with Gasteiger partial charge in [-0.1, -0.05) is 31.2 Å². The summed E-state index contributed by atoms with van der Waals surface area (Å²) in [5.41, 5.74) is 2.83. The fraction of sp³-hybridized carbons (Fsp3) is 0.345. The predicted molar refractivity (Wildman–Crippen MR) is 159 cm³/mol. The molecule has 2 aliphatic rings. The second-order valence-electron chi connectivity index (χ2n) is 9.71. The molecule has 0 aliphatic carbocycles. The van der Waals surface area contributed by atoms with E-state index in [1.165, 1.54) is 24.5 Å². The number of hydroxylamine groups is 1. The van der Waals surface area contributed by atoms with Crippen molar-refractivity contribution in [1.82, 2.24) is 14.9 Å². The monoisotopic (exact) mass is 581 g/mol. The molecule has 0 radical (unpaired) electrons. The smallest absolute Gasteiger partial charge is 0.247 e. The van der Waals surface area contributed by atoms with E-state index >= 15 is 0 Å². The summed E-state index contributed by atoms with van der Waals surface area (Å²) in [6.07, 6.45) is 3.32. The molecule has 0 bridgehead atoms. The van der Waals surface area contributed by atoms with Gasteiger partial charge in [-0.05, 0) is 36.4 Å². The van der Waals surface area contributed by atoms with Crippen molar-refractivity contribution < 1.29 is 18.8 Å². The number of piperazine rings is 1. The first-order valence-electron chi connectivity index (χ1n) is 13.5. The van der Waals surface area contributed by atoms with Crippen LogP contribution in [0.25, 0.3) is 0 Å². The first-order chi connectivity index (χ1) is 19.9. The van der Waals surface area contributed by atoms with Gasteiger partial charge in [-0.2, -0.15) is 0 Å². The summed E-state index contributed by atoms with van der Waals surface area (Å²) in [5.74, 6) is 0.777. The Kier molecular flexibility index (Phi) is 8.87. The van der Waals surface area contributed by atoms with Gasteiger partial charge in [0.25, 0.3) is 0 Å². The number of ether oxygens (including phenoxy) is 1. The van der Waals surface area contributed by atoms with Crippen molar-refractivity contribution in [2.45, 2.75) is 19.4 Å². The topological polar surface area (TPSA) is 95.1 Å². The molecule has 1 aromatic heterocycles. The standard InChI is InChI=1S/C29H33ClFN7O3/c1-4-29(39)35-22-15-23(26(40-3)16-25(22)37-11-9-36(5-2)10-12-37)34-27-17-28(33-18-32-27)38-24(8-13-41-38)19-6-7-20(30)21(31)14-19/h4,6-7,14-18,24H,1,5,8-13H2,2-3H3,(H,35,39)(H,32,33,34)/t24-/m1/s1. The first kappa shape index (κ1) is 28.6. The minimum absolute atomic E-state index is 0.0690. The van der Waals surface area contributed by atoms with Crippen LogP contribution in [0.3, 0.4) is 0 Å². The summed E-state index contributed by atoms with van der Waals surface area (Å²) in [4.78, 5) is 31.6. The number of carbonyl (C=O) groups is 1. The lowest BCUT2D eigenvalue weighted by atomic mass is 10.0. The van der Waals surface area contributed by atoms with E-state index in [9.17, 15) is 9.18 Å². The summed E-state index contributed by atoms with van der Waals surface area (Å²) in [5, 5.41) is 7.96. The fourth-order valence-electron chi connectivity index (χ4n) is 5.08. The third-order valence-corrected chi connectivity index (χ3v) is 7.60. The van der Waals surface area contributed by atoms with Crippen molar-refractivity contribution in [3.8, 4) is 5.75 Å². The maximum absolute atomic E-state index is 14.2. The van der Waals surface area contributed by atoms with Crippen LogP contribution in [0.2, 0.25) is 5.02 Å². The maximum atomic E-state index is 14.2.